The number of rotatable bonds is 5. The lowest BCUT2D eigenvalue weighted by Crippen LogP contribution is -2.36. The quantitative estimate of drug-likeness (QED) is 0.730. The summed E-state index contributed by atoms with van der Waals surface area (Å²) in [6.45, 7) is 11.0. The topological polar surface area (TPSA) is 18.5 Å². The third-order valence-electron chi connectivity index (χ3n) is 1.90. The van der Waals surface area contributed by atoms with E-state index in [0.29, 0.717) is 13.2 Å². The molecule has 0 aliphatic carbocycles. The van der Waals surface area contributed by atoms with Crippen molar-refractivity contribution >= 4 is 8.56 Å². The summed E-state index contributed by atoms with van der Waals surface area (Å²) >= 11 is 0. The van der Waals surface area contributed by atoms with Gasteiger partial charge in [0.15, 0.2) is 0 Å². The predicted molar refractivity (Wildman–Crippen MR) is 71.5 cm³/mol. The molecule has 1 rings (SSSR count). The van der Waals surface area contributed by atoms with E-state index in [4.69, 9.17) is 8.85 Å². The van der Waals surface area contributed by atoms with Crippen molar-refractivity contribution in [1.29, 1.82) is 0 Å². The first kappa shape index (κ1) is 15.1. The van der Waals surface area contributed by atoms with Crippen LogP contribution in [0.4, 0.5) is 0 Å². The maximum absolute atomic E-state index is 5.42. The van der Waals surface area contributed by atoms with Crippen molar-refractivity contribution in [2.75, 3.05) is 13.2 Å². The molecule has 0 atom stereocenters. The Morgan fingerprint density at radius 3 is 1.44 bits per heavy atom. The van der Waals surface area contributed by atoms with Gasteiger partial charge < -0.3 is 8.85 Å². The molecule has 0 amide bonds. The van der Waals surface area contributed by atoms with Gasteiger partial charge in [-0.2, -0.15) is 0 Å². The van der Waals surface area contributed by atoms with E-state index in [0.717, 1.165) is 0 Å². The molecule has 16 heavy (non-hydrogen) atoms. The lowest BCUT2D eigenvalue weighted by atomic mass is 10.4. The van der Waals surface area contributed by atoms with Gasteiger partial charge in [-0.1, -0.05) is 36.4 Å². The van der Waals surface area contributed by atoms with E-state index >= 15 is 0 Å². The molecular formula is C13H22O2Si. The average Bonchev–Trinajstić information content (AvgIpc) is 2.33. The first-order chi connectivity index (χ1) is 7.68. The highest BCUT2D eigenvalue weighted by Crippen LogP contribution is 2.06. The summed E-state index contributed by atoms with van der Waals surface area (Å²) in [5, 5.41) is 0. The van der Waals surface area contributed by atoms with Crippen molar-refractivity contribution in [1.82, 2.24) is 0 Å². The third-order valence-corrected chi connectivity index (χ3v) is 4.36. The molecule has 0 radical (unpaired) electrons. The summed E-state index contributed by atoms with van der Waals surface area (Å²) in [4.78, 5) is 0. The second kappa shape index (κ2) is 9.33. The highest BCUT2D eigenvalue weighted by atomic mass is 28.4. The Hall–Kier alpha value is -0.903. The fourth-order valence-electron chi connectivity index (χ4n) is 1.12. The van der Waals surface area contributed by atoms with Gasteiger partial charge in [-0.05, 0) is 26.1 Å². The van der Waals surface area contributed by atoms with Gasteiger partial charge in [-0.3, -0.25) is 0 Å². The summed E-state index contributed by atoms with van der Waals surface area (Å²) in [5.74, 6) is 0. The largest absolute Gasteiger partial charge is 0.392 e. The highest BCUT2D eigenvalue weighted by molar-refractivity contribution is 6.71. The van der Waals surface area contributed by atoms with Gasteiger partial charge in [0.05, 0.1) is 0 Å². The molecule has 0 N–H and O–H groups in total. The minimum Gasteiger partial charge on any atom is -0.392 e. The van der Waals surface area contributed by atoms with Crippen LogP contribution in [0.2, 0.25) is 6.55 Å². The van der Waals surface area contributed by atoms with Crippen molar-refractivity contribution in [3.63, 3.8) is 0 Å². The van der Waals surface area contributed by atoms with Gasteiger partial charge in [0.1, 0.15) is 0 Å². The van der Waals surface area contributed by atoms with Crippen molar-refractivity contribution < 1.29 is 8.85 Å². The SMILES string of the molecule is C=C[Si](C)(OCC)OCC.c1ccccc1. The van der Waals surface area contributed by atoms with Crippen molar-refractivity contribution in [3.8, 4) is 0 Å². The van der Waals surface area contributed by atoms with Crippen LogP contribution in [-0.4, -0.2) is 21.8 Å². The Kier molecular flexibility index (Phi) is 8.81. The summed E-state index contributed by atoms with van der Waals surface area (Å²) in [6.07, 6.45) is 0. The Morgan fingerprint density at radius 2 is 1.25 bits per heavy atom. The zero-order valence-corrected chi connectivity index (χ0v) is 11.5. The van der Waals surface area contributed by atoms with E-state index in [-0.39, 0.29) is 0 Å². The normalized spacial score (nSPS) is 10.2. The average molecular weight is 238 g/mol. The molecule has 0 spiro atoms. The molecule has 3 heteroatoms. The van der Waals surface area contributed by atoms with E-state index in [2.05, 4.69) is 6.58 Å². The second-order valence-electron chi connectivity index (χ2n) is 3.24. The Bertz CT molecular complexity index is 229. The predicted octanol–water partition coefficient (Wildman–Crippen LogP) is 3.54. The number of hydrogen-bond donors (Lipinski definition) is 0. The highest BCUT2D eigenvalue weighted by Gasteiger charge is 2.25. The molecule has 0 saturated heterocycles. The smallest absolute Gasteiger partial charge is 0.361 e. The number of benzene rings is 1. The number of hydrogen-bond acceptors (Lipinski definition) is 2. The Balaban J connectivity index is 0.000000315. The third kappa shape index (κ3) is 7.40. The van der Waals surface area contributed by atoms with E-state index < -0.39 is 8.56 Å². The van der Waals surface area contributed by atoms with Crippen LogP contribution in [-0.2, 0) is 8.85 Å². The van der Waals surface area contributed by atoms with Gasteiger partial charge in [-0.15, -0.1) is 6.58 Å². The van der Waals surface area contributed by atoms with Crippen LogP contribution >= 0.6 is 0 Å². The van der Waals surface area contributed by atoms with Crippen LogP contribution in [0.5, 0.6) is 0 Å². The van der Waals surface area contributed by atoms with Crippen LogP contribution in [0.15, 0.2) is 48.7 Å². The fraction of sp³-hybridized carbons (Fsp3) is 0.385. The Morgan fingerprint density at radius 1 is 0.938 bits per heavy atom. The maximum Gasteiger partial charge on any atom is 0.361 e. The van der Waals surface area contributed by atoms with Crippen molar-refractivity contribution in [2.24, 2.45) is 0 Å². The standard InChI is InChI=1S/C7H16O2Si.C6H6/c1-5-8-10(4,7-3)9-6-2;1-2-4-6-5-3-1/h7H,3,5-6H2,1-2,4H3;1-6H. The van der Waals surface area contributed by atoms with E-state index in [1.54, 1.807) is 5.70 Å². The minimum absolute atomic E-state index is 0.703. The molecule has 0 fully saturated rings. The summed E-state index contributed by atoms with van der Waals surface area (Å²) in [5.41, 5.74) is 1.81. The monoisotopic (exact) mass is 238 g/mol. The van der Waals surface area contributed by atoms with Gasteiger partial charge in [0.25, 0.3) is 0 Å². The Labute approximate surface area is 100 Å². The molecule has 2 nitrogen and oxygen atoms in total. The molecule has 1 aromatic carbocycles. The summed E-state index contributed by atoms with van der Waals surface area (Å²) in [6, 6.07) is 12.0. The van der Waals surface area contributed by atoms with E-state index in [1.807, 2.05) is 56.8 Å². The molecular weight excluding hydrogens is 216 g/mol. The van der Waals surface area contributed by atoms with Crippen molar-refractivity contribution in [2.45, 2.75) is 20.4 Å². The zero-order chi connectivity index (χ0) is 12.3. The summed E-state index contributed by atoms with van der Waals surface area (Å²) < 4.78 is 10.8. The van der Waals surface area contributed by atoms with Crippen LogP contribution < -0.4 is 0 Å². The molecule has 0 aromatic heterocycles. The lowest BCUT2D eigenvalue weighted by Gasteiger charge is -2.21. The minimum atomic E-state index is -1.96. The molecule has 90 valence electrons. The van der Waals surface area contributed by atoms with Crippen LogP contribution in [0.3, 0.4) is 0 Å². The molecule has 1 aromatic rings. The first-order valence-corrected chi connectivity index (χ1v) is 7.99. The molecule has 0 bridgehead atoms. The van der Waals surface area contributed by atoms with Crippen LogP contribution in [0.25, 0.3) is 0 Å². The fourth-order valence-corrected chi connectivity index (χ4v) is 2.58. The van der Waals surface area contributed by atoms with Gasteiger partial charge in [0.2, 0.25) is 0 Å². The van der Waals surface area contributed by atoms with Crippen LogP contribution in [0.1, 0.15) is 13.8 Å². The molecule has 0 aliphatic rings. The molecule has 0 aliphatic heterocycles. The maximum atomic E-state index is 5.42. The molecule has 0 saturated carbocycles. The first-order valence-electron chi connectivity index (χ1n) is 5.60. The lowest BCUT2D eigenvalue weighted by molar-refractivity contribution is 0.201. The van der Waals surface area contributed by atoms with Gasteiger partial charge >= 0.3 is 8.56 Å². The molecule has 0 heterocycles. The van der Waals surface area contributed by atoms with Crippen molar-refractivity contribution in [3.05, 3.63) is 48.7 Å². The zero-order valence-electron chi connectivity index (χ0n) is 10.5. The van der Waals surface area contributed by atoms with E-state index in [9.17, 15) is 0 Å². The molecule has 0 unspecified atom stereocenters. The van der Waals surface area contributed by atoms with Crippen LogP contribution in [0, 0.1) is 0 Å². The second-order valence-corrected chi connectivity index (χ2v) is 6.26. The summed E-state index contributed by atoms with van der Waals surface area (Å²) in [7, 11) is -1.96. The van der Waals surface area contributed by atoms with Gasteiger partial charge in [-0.25, -0.2) is 0 Å². The van der Waals surface area contributed by atoms with E-state index in [1.165, 1.54) is 0 Å². The van der Waals surface area contributed by atoms with Gasteiger partial charge in [0, 0.05) is 13.2 Å².